The Morgan fingerprint density at radius 3 is 1.07 bits per heavy atom. The molecule has 7 nitrogen and oxygen atoms in total. The number of rotatable bonds is 9. The molecule has 0 radical (unpaired) electrons. The number of aromatic nitrogens is 7. The van der Waals surface area contributed by atoms with Gasteiger partial charge in [-0.3, -0.25) is 0 Å². The molecule has 0 saturated carbocycles. The molecule has 0 fully saturated rings. The van der Waals surface area contributed by atoms with E-state index in [1.54, 1.807) is 0 Å². The standard InChI is InChI=1S/C60H39N7/c1-7-19-40(20-8-1)46-31-34-52-49(37-46)50-38-47(41-21-9-2-10-22-41)32-35-53(50)67(52)54-36-33-48(59-63-55(42-23-11-3-12-24-42)61-56(64-59)43-25-13-4-14-26-43)39-51(54)60-65-57(44-27-15-5-16-28-44)62-58(66-60)45-29-17-6-18-30-45/h1-39H/i3D,11D,12D,23D,24D. The van der Waals surface area contributed by atoms with Crippen LogP contribution in [0.25, 0.3) is 118 Å². The van der Waals surface area contributed by atoms with Gasteiger partial charge in [-0.1, -0.05) is 194 Å². The predicted molar refractivity (Wildman–Crippen MR) is 271 cm³/mol. The van der Waals surface area contributed by atoms with Crippen LogP contribution in [0.4, 0.5) is 0 Å². The molecular weight excluding hydrogens is 819 g/mol. The van der Waals surface area contributed by atoms with Gasteiger partial charge in [-0.05, 0) is 64.7 Å². The fraction of sp³-hybridized carbons (Fsp3) is 0. The molecule has 0 saturated heterocycles. The Morgan fingerprint density at radius 2 is 0.642 bits per heavy atom. The third kappa shape index (κ3) is 7.60. The molecule has 0 unspecified atom stereocenters. The molecule has 12 aromatic rings. The molecule has 67 heavy (non-hydrogen) atoms. The average Bonchev–Trinajstić information content (AvgIpc) is 3.77. The molecule has 0 atom stereocenters. The first-order valence-electron chi connectivity index (χ1n) is 24.4. The molecule has 7 heteroatoms. The smallest absolute Gasteiger partial charge is 0.166 e. The molecule has 9 aromatic carbocycles. The predicted octanol–water partition coefficient (Wildman–Crippen LogP) is 14.5. The monoisotopic (exact) mass is 862 g/mol. The summed E-state index contributed by atoms with van der Waals surface area (Å²) in [5, 5.41) is 2.11. The lowest BCUT2D eigenvalue weighted by molar-refractivity contribution is 1.06. The van der Waals surface area contributed by atoms with Crippen LogP contribution in [0.2, 0.25) is 0 Å². The summed E-state index contributed by atoms with van der Waals surface area (Å²) in [6, 6.07) is 66.4. The van der Waals surface area contributed by atoms with Crippen molar-refractivity contribution in [1.29, 1.82) is 0 Å². The summed E-state index contributed by atoms with van der Waals surface area (Å²) in [6.45, 7) is 0. The van der Waals surface area contributed by atoms with Crippen LogP contribution < -0.4 is 0 Å². The number of fused-ring (bicyclic) bond motifs is 3. The van der Waals surface area contributed by atoms with Crippen LogP contribution in [0.15, 0.2) is 236 Å². The van der Waals surface area contributed by atoms with E-state index in [1.807, 2.05) is 121 Å². The largest absolute Gasteiger partial charge is 0.308 e. The van der Waals surface area contributed by atoms with Crippen molar-refractivity contribution in [3.05, 3.63) is 236 Å². The third-order valence-corrected chi connectivity index (χ3v) is 11.8. The fourth-order valence-electron chi connectivity index (χ4n) is 8.58. The van der Waals surface area contributed by atoms with E-state index in [9.17, 15) is 0 Å². The Bertz CT molecular complexity index is 3840. The summed E-state index contributed by atoms with van der Waals surface area (Å²) in [7, 11) is 0. The number of nitrogens with zero attached hydrogens (tertiary/aromatic N) is 7. The zero-order valence-electron chi connectivity index (χ0n) is 40.8. The third-order valence-electron chi connectivity index (χ3n) is 11.8. The lowest BCUT2D eigenvalue weighted by Gasteiger charge is -2.16. The van der Waals surface area contributed by atoms with Crippen LogP contribution in [0, 0.1) is 0 Å². The van der Waals surface area contributed by atoms with Crippen molar-refractivity contribution in [3.63, 3.8) is 0 Å². The van der Waals surface area contributed by atoms with Crippen LogP contribution in [0.3, 0.4) is 0 Å². The van der Waals surface area contributed by atoms with Gasteiger partial charge in [0, 0.05) is 44.2 Å². The Morgan fingerprint density at radius 1 is 0.284 bits per heavy atom. The number of hydrogen-bond acceptors (Lipinski definition) is 6. The second-order valence-electron chi connectivity index (χ2n) is 16.0. The van der Waals surface area contributed by atoms with Crippen molar-refractivity contribution in [3.8, 4) is 96.3 Å². The maximum absolute atomic E-state index is 8.92. The van der Waals surface area contributed by atoms with E-state index in [0.29, 0.717) is 34.2 Å². The van der Waals surface area contributed by atoms with Gasteiger partial charge in [-0.25, -0.2) is 29.9 Å². The highest BCUT2D eigenvalue weighted by molar-refractivity contribution is 6.12. The van der Waals surface area contributed by atoms with Crippen molar-refractivity contribution >= 4 is 21.8 Å². The second kappa shape index (κ2) is 17.1. The minimum atomic E-state index is -0.508. The van der Waals surface area contributed by atoms with E-state index in [4.69, 9.17) is 36.8 Å². The fourth-order valence-corrected chi connectivity index (χ4v) is 8.58. The normalized spacial score (nSPS) is 12.3. The SMILES string of the molecule is [2H]c1c([2H])c([2H])c(-c2nc(-c3ccccc3)nc(-c3ccc(-n4c5ccc(-c6ccccc6)cc5c5cc(-c6ccccc6)ccc54)c(-c4nc(-c5ccccc5)nc(-c5ccccc5)n4)c3)n2)c([2H])c1[2H]. The van der Waals surface area contributed by atoms with Gasteiger partial charge in [-0.2, -0.15) is 0 Å². The summed E-state index contributed by atoms with van der Waals surface area (Å²) in [5.74, 6) is 1.75. The van der Waals surface area contributed by atoms with Gasteiger partial charge in [0.05, 0.1) is 23.6 Å². The first kappa shape index (κ1) is 34.2. The highest BCUT2D eigenvalue weighted by Gasteiger charge is 2.23. The topological polar surface area (TPSA) is 82.3 Å². The Balaban J connectivity index is 1.16. The summed E-state index contributed by atoms with van der Waals surface area (Å²) in [5.41, 5.74) is 10.4. The highest BCUT2D eigenvalue weighted by atomic mass is 15.1. The zero-order valence-corrected chi connectivity index (χ0v) is 35.8. The molecule has 0 aliphatic rings. The van der Waals surface area contributed by atoms with E-state index in [-0.39, 0.29) is 23.0 Å². The number of hydrogen-bond donors (Lipinski definition) is 0. The number of benzene rings is 9. The van der Waals surface area contributed by atoms with E-state index in [2.05, 4.69) is 89.5 Å². The molecule has 0 aliphatic heterocycles. The van der Waals surface area contributed by atoms with Crippen LogP contribution in [-0.4, -0.2) is 34.5 Å². The molecule has 0 N–H and O–H groups in total. The molecule has 314 valence electrons. The van der Waals surface area contributed by atoms with Crippen molar-refractivity contribution < 1.29 is 6.85 Å². The first-order valence-corrected chi connectivity index (χ1v) is 21.9. The Kier molecular flexibility index (Phi) is 8.72. The van der Waals surface area contributed by atoms with Gasteiger partial charge in [0.1, 0.15) is 0 Å². The molecule has 12 rings (SSSR count). The maximum atomic E-state index is 8.92. The zero-order chi connectivity index (χ0) is 48.9. The molecule has 3 heterocycles. The minimum Gasteiger partial charge on any atom is -0.308 e. The summed E-state index contributed by atoms with van der Waals surface area (Å²) in [4.78, 5) is 30.2. The van der Waals surface area contributed by atoms with Gasteiger partial charge in [0.15, 0.2) is 34.9 Å². The van der Waals surface area contributed by atoms with E-state index in [1.165, 1.54) is 0 Å². The molecular formula is C60H39N7. The second-order valence-corrected chi connectivity index (χ2v) is 16.0. The van der Waals surface area contributed by atoms with E-state index >= 15 is 0 Å². The maximum Gasteiger partial charge on any atom is 0.166 e. The average molecular weight is 863 g/mol. The Hall–Kier alpha value is -9.20. The first-order chi connectivity index (χ1) is 35.3. The van der Waals surface area contributed by atoms with Gasteiger partial charge < -0.3 is 4.57 Å². The van der Waals surface area contributed by atoms with Crippen molar-refractivity contribution in [1.82, 2.24) is 34.5 Å². The Labute approximate surface area is 394 Å². The molecule has 0 amide bonds. The summed E-state index contributed by atoms with van der Waals surface area (Å²) in [6.07, 6.45) is 0. The molecule has 0 spiro atoms. The van der Waals surface area contributed by atoms with Gasteiger partial charge in [0.25, 0.3) is 0 Å². The van der Waals surface area contributed by atoms with Crippen molar-refractivity contribution in [2.24, 2.45) is 0 Å². The molecule has 0 bridgehead atoms. The highest BCUT2D eigenvalue weighted by Crippen LogP contribution is 2.41. The minimum absolute atomic E-state index is 0.0646. The van der Waals surface area contributed by atoms with Crippen LogP contribution in [0.1, 0.15) is 6.85 Å². The van der Waals surface area contributed by atoms with Crippen molar-refractivity contribution in [2.75, 3.05) is 0 Å². The van der Waals surface area contributed by atoms with Crippen molar-refractivity contribution in [2.45, 2.75) is 0 Å². The lowest BCUT2D eigenvalue weighted by Crippen LogP contribution is -2.05. The van der Waals surface area contributed by atoms with Crippen LogP contribution in [-0.2, 0) is 0 Å². The van der Waals surface area contributed by atoms with E-state index < -0.39 is 30.2 Å². The molecule has 3 aromatic heterocycles. The van der Waals surface area contributed by atoms with Gasteiger partial charge in [-0.15, -0.1) is 0 Å². The van der Waals surface area contributed by atoms with Crippen LogP contribution >= 0.6 is 0 Å². The summed E-state index contributed by atoms with van der Waals surface area (Å²) < 4.78 is 45.4. The van der Waals surface area contributed by atoms with Gasteiger partial charge in [0.2, 0.25) is 0 Å². The van der Waals surface area contributed by atoms with E-state index in [0.717, 1.165) is 60.9 Å². The lowest BCUT2D eigenvalue weighted by atomic mass is 10.0. The summed E-state index contributed by atoms with van der Waals surface area (Å²) >= 11 is 0. The quantitative estimate of drug-likeness (QED) is 0.144. The van der Waals surface area contributed by atoms with Crippen LogP contribution in [0.5, 0.6) is 0 Å². The molecule has 0 aliphatic carbocycles. The van der Waals surface area contributed by atoms with Gasteiger partial charge >= 0.3 is 0 Å².